The van der Waals surface area contributed by atoms with E-state index in [2.05, 4.69) is 5.10 Å². The molecule has 0 saturated carbocycles. The molecule has 1 aromatic heterocycles. The predicted octanol–water partition coefficient (Wildman–Crippen LogP) is 2.30. The molecule has 0 saturated heterocycles. The minimum absolute atomic E-state index is 0.219. The van der Waals surface area contributed by atoms with Gasteiger partial charge in [0, 0.05) is 17.8 Å². The Morgan fingerprint density at radius 2 is 1.78 bits per heavy atom. The molecule has 0 radical (unpaired) electrons. The molecule has 0 fully saturated rings. The zero-order chi connectivity index (χ0) is 13.4. The molecule has 2 rings (SSSR count). The van der Waals surface area contributed by atoms with Crippen LogP contribution in [0.15, 0.2) is 18.2 Å². The van der Waals surface area contributed by atoms with Gasteiger partial charge in [0.2, 0.25) is 0 Å². The number of rotatable bonds is 2. The Kier molecular flexibility index (Phi) is 2.82. The van der Waals surface area contributed by atoms with E-state index in [1.54, 1.807) is 0 Å². The van der Waals surface area contributed by atoms with Crippen LogP contribution in [0.5, 0.6) is 0 Å². The van der Waals surface area contributed by atoms with Crippen LogP contribution in [0.25, 0.3) is 5.69 Å². The summed E-state index contributed by atoms with van der Waals surface area (Å²) in [5.41, 5.74) is -0.742. The average Bonchev–Trinajstić information content (AvgIpc) is 2.59. The molecule has 0 aliphatic heterocycles. The third kappa shape index (κ3) is 1.94. The first-order valence-corrected chi connectivity index (χ1v) is 4.85. The molecule has 0 unspecified atom stereocenters. The topological polar surface area (TPSA) is 55.1 Å². The third-order valence-electron chi connectivity index (χ3n) is 2.30. The second-order valence-corrected chi connectivity index (χ2v) is 3.61. The number of benzene rings is 1. The first kappa shape index (κ1) is 12.2. The van der Waals surface area contributed by atoms with Crippen LogP contribution in [-0.4, -0.2) is 20.9 Å². The number of hydrogen-bond donors (Lipinski definition) is 1. The van der Waals surface area contributed by atoms with Crippen LogP contribution in [0.4, 0.5) is 13.2 Å². The minimum atomic E-state index is -1.32. The van der Waals surface area contributed by atoms with Crippen molar-refractivity contribution in [2.75, 3.05) is 0 Å². The molecule has 0 atom stereocenters. The molecular weight excluding hydrogens is 249 g/mol. The zero-order valence-corrected chi connectivity index (χ0v) is 9.12. The summed E-state index contributed by atoms with van der Waals surface area (Å²) in [6.07, 6.45) is 0. The van der Waals surface area contributed by atoms with Crippen molar-refractivity contribution in [2.24, 2.45) is 0 Å². The van der Waals surface area contributed by atoms with Crippen LogP contribution in [0.1, 0.15) is 16.2 Å². The van der Waals surface area contributed by atoms with Crippen molar-refractivity contribution in [1.29, 1.82) is 0 Å². The number of hydrogen-bond acceptors (Lipinski definition) is 2. The van der Waals surface area contributed by atoms with E-state index in [1.165, 1.54) is 6.92 Å². The molecule has 0 amide bonds. The van der Waals surface area contributed by atoms with E-state index in [9.17, 15) is 18.0 Å². The van der Waals surface area contributed by atoms with Crippen LogP contribution in [0.3, 0.4) is 0 Å². The molecule has 1 heterocycles. The van der Waals surface area contributed by atoms with Crippen molar-refractivity contribution < 1.29 is 23.1 Å². The second kappa shape index (κ2) is 4.17. The fourth-order valence-electron chi connectivity index (χ4n) is 1.54. The molecule has 0 aliphatic carbocycles. The SMILES string of the molecule is Cc1cc(C(=O)O)nn1-c1c(F)cc(F)cc1F. The average molecular weight is 256 g/mol. The molecule has 94 valence electrons. The van der Waals surface area contributed by atoms with Gasteiger partial charge in [0.15, 0.2) is 17.3 Å². The zero-order valence-electron chi connectivity index (χ0n) is 9.12. The lowest BCUT2D eigenvalue weighted by Crippen LogP contribution is -2.07. The van der Waals surface area contributed by atoms with E-state index in [-0.39, 0.29) is 11.4 Å². The van der Waals surface area contributed by atoms with Gasteiger partial charge in [-0.1, -0.05) is 0 Å². The second-order valence-electron chi connectivity index (χ2n) is 3.61. The van der Waals surface area contributed by atoms with Crippen LogP contribution in [0.2, 0.25) is 0 Å². The quantitative estimate of drug-likeness (QED) is 0.896. The molecule has 4 nitrogen and oxygen atoms in total. The Morgan fingerprint density at radius 1 is 1.22 bits per heavy atom. The summed E-state index contributed by atoms with van der Waals surface area (Å²) < 4.78 is 40.5. The Morgan fingerprint density at radius 3 is 2.22 bits per heavy atom. The summed E-state index contributed by atoms with van der Waals surface area (Å²) in [6, 6.07) is 2.16. The molecule has 1 N–H and O–H groups in total. The molecule has 2 aromatic rings. The lowest BCUT2D eigenvalue weighted by atomic mass is 10.2. The van der Waals surface area contributed by atoms with Gasteiger partial charge in [0.25, 0.3) is 0 Å². The number of aryl methyl sites for hydroxylation is 1. The highest BCUT2D eigenvalue weighted by Gasteiger charge is 2.18. The van der Waals surface area contributed by atoms with E-state index >= 15 is 0 Å². The summed E-state index contributed by atoms with van der Waals surface area (Å²) in [6.45, 7) is 1.43. The maximum absolute atomic E-state index is 13.5. The van der Waals surface area contributed by atoms with Gasteiger partial charge in [-0.05, 0) is 13.0 Å². The summed E-state index contributed by atoms with van der Waals surface area (Å²) in [7, 11) is 0. The third-order valence-corrected chi connectivity index (χ3v) is 2.30. The van der Waals surface area contributed by atoms with Crippen molar-refractivity contribution in [3.05, 3.63) is 47.0 Å². The maximum Gasteiger partial charge on any atom is 0.356 e. The fourth-order valence-corrected chi connectivity index (χ4v) is 1.54. The summed E-state index contributed by atoms with van der Waals surface area (Å²) >= 11 is 0. The number of carboxylic acids is 1. The van der Waals surface area contributed by atoms with Crippen molar-refractivity contribution in [1.82, 2.24) is 9.78 Å². The fraction of sp³-hybridized carbons (Fsp3) is 0.0909. The Hall–Kier alpha value is -2.31. The Labute approximate surface area is 99.3 Å². The number of carboxylic acid groups (broad SMARTS) is 1. The van der Waals surface area contributed by atoms with Crippen LogP contribution < -0.4 is 0 Å². The molecule has 0 spiro atoms. The molecule has 7 heteroatoms. The highest BCUT2D eigenvalue weighted by molar-refractivity contribution is 5.85. The lowest BCUT2D eigenvalue weighted by Gasteiger charge is -2.07. The lowest BCUT2D eigenvalue weighted by molar-refractivity contribution is 0.0690. The normalized spacial score (nSPS) is 10.7. The van der Waals surface area contributed by atoms with Crippen molar-refractivity contribution in [3.8, 4) is 5.69 Å². The highest BCUT2D eigenvalue weighted by atomic mass is 19.1. The minimum Gasteiger partial charge on any atom is -0.476 e. The molecule has 18 heavy (non-hydrogen) atoms. The van der Waals surface area contributed by atoms with E-state index in [0.717, 1.165) is 10.7 Å². The number of carbonyl (C=O) groups is 1. The molecule has 0 bridgehead atoms. The van der Waals surface area contributed by atoms with Gasteiger partial charge in [-0.3, -0.25) is 0 Å². The highest BCUT2D eigenvalue weighted by Crippen LogP contribution is 2.20. The standard InChI is InChI=1S/C11H7F3N2O2/c1-5-2-9(11(17)18)15-16(5)10-7(13)3-6(12)4-8(10)14/h2-4H,1H3,(H,17,18). The van der Waals surface area contributed by atoms with Crippen LogP contribution in [-0.2, 0) is 0 Å². The predicted molar refractivity (Wildman–Crippen MR) is 55.1 cm³/mol. The molecular formula is C11H7F3N2O2. The number of aromatic carboxylic acids is 1. The largest absolute Gasteiger partial charge is 0.476 e. The number of halogens is 3. The van der Waals surface area contributed by atoms with E-state index in [4.69, 9.17) is 5.11 Å². The molecule has 1 aromatic carbocycles. The van der Waals surface area contributed by atoms with Crippen molar-refractivity contribution >= 4 is 5.97 Å². The number of nitrogens with zero attached hydrogens (tertiary/aromatic N) is 2. The van der Waals surface area contributed by atoms with Crippen molar-refractivity contribution in [3.63, 3.8) is 0 Å². The van der Waals surface area contributed by atoms with Gasteiger partial charge in [-0.2, -0.15) is 5.10 Å². The van der Waals surface area contributed by atoms with E-state index in [1.807, 2.05) is 0 Å². The van der Waals surface area contributed by atoms with Crippen molar-refractivity contribution in [2.45, 2.75) is 6.92 Å². The number of aromatic nitrogens is 2. The van der Waals surface area contributed by atoms with Gasteiger partial charge >= 0.3 is 5.97 Å². The van der Waals surface area contributed by atoms with Gasteiger partial charge in [0.05, 0.1) is 0 Å². The van der Waals surface area contributed by atoms with E-state index < -0.39 is 29.1 Å². The van der Waals surface area contributed by atoms with Gasteiger partial charge in [0.1, 0.15) is 11.5 Å². The van der Waals surface area contributed by atoms with Gasteiger partial charge in [-0.15, -0.1) is 0 Å². The monoisotopic (exact) mass is 256 g/mol. The molecule has 0 aliphatic rings. The first-order valence-electron chi connectivity index (χ1n) is 4.85. The van der Waals surface area contributed by atoms with Gasteiger partial charge in [-0.25, -0.2) is 22.6 Å². The summed E-state index contributed by atoms with van der Waals surface area (Å²) in [4.78, 5) is 10.7. The Balaban J connectivity index is 2.66. The Bertz CT molecular complexity index is 614. The first-order chi connectivity index (χ1) is 8.40. The van der Waals surface area contributed by atoms with Crippen LogP contribution in [0, 0.1) is 24.4 Å². The van der Waals surface area contributed by atoms with Gasteiger partial charge < -0.3 is 5.11 Å². The van der Waals surface area contributed by atoms with Crippen LogP contribution >= 0.6 is 0 Å². The summed E-state index contributed by atoms with van der Waals surface area (Å²) in [5, 5.41) is 12.3. The maximum atomic E-state index is 13.5. The smallest absolute Gasteiger partial charge is 0.356 e. The van der Waals surface area contributed by atoms with E-state index in [0.29, 0.717) is 12.1 Å². The summed E-state index contributed by atoms with van der Waals surface area (Å²) in [5.74, 6) is -4.69.